The van der Waals surface area contributed by atoms with Crippen molar-refractivity contribution in [2.75, 3.05) is 7.11 Å². The highest BCUT2D eigenvalue weighted by molar-refractivity contribution is 5.89. The molecule has 0 aliphatic carbocycles. The molecule has 0 amide bonds. The summed E-state index contributed by atoms with van der Waals surface area (Å²) < 4.78 is 18.3. The molecule has 0 bridgehead atoms. The number of aromatic nitrogens is 1. The third-order valence-electron chi connectivity index (χ3n) is 3.26. The molecule has 1 unspecified atom stereocenters. The summed E-state index contributed by atoms with van der Waals surface area (Å²) in [6.07, 6.45) is 3.47. The van der Waals surface area contributed by atoms with Gasteiger partial charge in [-0.05, 0) is 42.3 Å². The number of halogens is 1. The summed E-state index contributed by atoms with van der Waals surface area (Å²) in [6, 6.07) is 8.48. The molecule has 1 atom stereocenters. The van der Waals surface area contributed by atoms with E-state index < -0.39 is 11.8 Å². The lowest BCUT2D eigenvalue weighted by molar-refractivity contribution is 0.0595. The van der Waals surface area contributed by atoms with Gasteiger partial charge >= 0.3 is 5.97 Å². The number of carbonyl (C=O) groups excluding carboxylic acids is 1. The van der Waals surface area contributed by atoms with Crippen molar-refractivity contribution in [2.45, 2.75) is 19.5 Å². The van der Waals surface area contributed by atoms with Crippen LogP contribution >= 0.6 is 0 Å². The van der Waals surface area contributed by atoms with Gasteiger partial charge in [-0.15, -0.1) is 0 Å². The third-order valence-corrected chi connectivity index (χ3v) is 3.26. The van der Waals surface area contributed by atoms with Crippen molar-refractivity contribution >= 4 is 5.97 Å². The van der Waals surface area contributed by atoms with Crippen molar-refractivity contribution in [1.29, 1.82) is 0 Å². The van der Waals surface area contributed by atoms with Crippen LogP contribution in [0, 0.1) is 5.82 Å². The minimum absolute atomic E-state index is 0.0524. The second kappa shape index (κ2) is 6.95. The molecule has 0 fully saturated rings. The van der Waals surface area contributed by atoms with Crippen molar-refractivity contribution in [1.82, 2.24) is 10.3 Å². The van der Waals surface area contributed by atoms with Crippen LogP contribution in [0.15, 0.2) is 42.7 Å². The molecule has 0 radical (unpaired) electrons. The van der Waals surface area contributed by atoms with Gasteiger partial charge in [-0.3, -0.25) is 4.98 Å². The fourth-order valence-electron chi connectivity index (χ4n) is 1.98. The number of ether oxygens (including phenoxy) is 1. The van der Waals surface area contributed by atoms with E-state index in [1.165, 1.54) is 19.2 Å². The highest BCUT2D eigenvalue weighted by Gasteiger charge is 2.12. The van der Waals surface area contributed by atoms with E-state index in [0.717, 1.165) is 11.1 Å². The molecule has 0 saturated carbocycles. The van der Waals surface area contributed by atoms with E-state index in [-0.39, 0.29) is 11.6 Å². The predicted molar refractivity (Wildman–Crippen MR) is 77.2 cm³/mol. The zero-order valence-electron chi connectivity index (χ0n) is 12.0. The standard InChI is InChI=1S/C16H17FN2O2/c1-11(13-5-7-18-8-6-13)19-10-12-3-4-14(15(17)9-12)16(20)21-2/h3-9,11,19H,10H2,1-2H3. The van der Waals surface area contributed by atoms with Crippen molar-refractivity contribution in [3.8, 4) is 0 Å². The lowest BCUT2D eigenvalue weighted by Crippen LogP contribution is -2.18. The number of hydrogen-bond donors (Lipinski definition) is 1. The molecule has 0 aliphatic rings. The molecule has 1 aromatic heterocycles. The summed E-state index contributed by atoms with van der Waals surface area (Å²) in [5.74, 6) is -1.24. The number of methoxy groups -OCH3 is 1. The van der Waals surface area contributed by atoms with Crippen molar-refractivity contribution < 1.29 is 13.9 Å². The van der Waals surface area contributed by atoms with Crippen LogP contribution in [-0.2, 0) is 11.3 Å². The van der Waals surface area contributed by atoms with Gasteiger partial charge < -0.3 is 10.1 Å². The molecule has 2 rings (SSSR count). The number of esters is 1. The van der Waals surface area contributed by atoms with Crippen LogP contribution in [0.3, 0.4) is 0 Å². The average Bonchev–Trinajstić information content (AvgIpc) is 2.52. The largest absolute Gasteiger partial charge is 0.465 e. The van der Waals surface area contributed by atoms with E-state index in [1.807, 2.05) is 19.1 Å². The normalized spacial score (nSPS) is 12.0. The monoisotopic (exact) mass is 288 g/mol. The minimum atomic E-state index is -0.669. The van der Waals surface area contributed by atoms with Gasteiger partial charge in [-0.2, -0.15) is 0 Å². The zero-order valence-corrected chi connectivity index (χ0v) is 12.0. The Labute approximate surface area is 123 Å². The minimum Gasteiger partial charge on any atom is -0.465 e. The van der Waals surface area contributed by atoms with Gasteiger partial charge in [-0.1, -0.05) is 6.07 Å². The molecule has 0 saturated heterocycles. The van der Waals surface area contributed by atoms with E-state index in [0.29, 0.717) is 6.54 Å². The van der Waals surface area contributed by atoms with Crippen LogP contribution in [0.4, 0.5) is 4.39 Å². The predicted octanol–water partition coefficient (Wildman–Crippen LogP) is 2.86. The quantitative estimate of drug-likeness (QED) is 0.860. The summed E-state index contributed by atoms with van der Waals surface area (Å²) >= 11 is 0. The van der Waals surface area contributed by atoms with E-state index in [1.54, 1.807) is 18.5 Å². The number of nitrogens with zero attached hydrogens (tertiary/aromatic N) is 1. The van der Waals surface area contributed by atoms with Gasteiger partial charge in [0.2, 0.25) is 0 Å². The number of nitrogens with one attached hydrogen (secondary N) is 1. The van der Waals surface area contributed by atoms with Crippen LogP contribution in [-0.4, -0.2) is 18.1 Å². The third kappa shape index (κ3) is 3.86. The van der Waals surface area contributed by atoms with E-state index >= 15 is 0 Å². The van der Waals surface area contributed by atoms with Crippen LogP contribution in [0.25, 0.3) is 0 Å². The summed E-state index contributed by atoms with van der Waals surface area (Å²) in [5.41, 5.74) is 1.82. The fourth-order valence-corrected chi connectivity index (χ4v) is 1.98. The molecule has 2 aromatic rings. The van der Waals surface area contributed by atoms with E-state index in [9.17, 15) is 9.18 Å². The smallest absolute Gasteiger partial charge is 0.340 e. The number of pyridine rings is 1. The fraction of sp³-hybridized carbons (Fsp3) is 0.250. The van der Waals surface area contributed by atoms with Crippen molar-refractivity contribution in [3.05, 3.63) is 65.2 Å². The highest BCUT2D eigenvalue weighted by atomic mass is 19.1. The van der Waals surface area contributed by atoms with Crippen LogP contribution in [0.1, 0.15) is 34.5 Å². The molecule has 110 valence electrons. The van der Waals surface area contributed by atoms with E-state index in [2.05, 4.69) is 15.0 Å². The maximum absolute atomic E-state index is 13.8. The van der Waals surface area contributed by atoms with Gasteiger partial charge in [-0.25, -0.2) is 9.18 Å². The molecule has 5 heteroatoms. The number of benzene rings is 1. The SMILES string of the molecule is COC(=O)c1ccc(CNC(C)c2ccncc2)cc1F. The Morgan fingerprint density at radius 3 is 2.67 bits per heavy atom. The van der Waals surface area contributed by atoms with Crippen LogP contribution in [0.5, 0.6) is 0 Å². The molecular weight excluding hydrogens is 271 g/mol. The lowest BCUT2D eigenvalue weighted by atomic mass is 10.1. The van der Waals surface area contributed by atoms with Gasteiger partial charge in [0.05, 0.1) is 12.7 Å². The zero-order chi connectivity index (χ0) is 15.2. The maximum Gasteiger partial charge on any atom is 0.340 e. The lowest BCUT2D eigenvalue weighted by Gasteiger charge is -2.14. The van der Waals surface area contributed by atoms with Gasteiger partial charge in [0, 0.05) is 25.0 Å². The number of rotatable bonds is 5. The van der Waals surface area contributed by atoms with Crippen LogP contribution in [0.2, 0.25) is 0 Å². The van der Waals surface area contributed by atoms with Gasteiger partial charge in [0.15, 0.2) is 0 Å². The molecule has 0 aliphatic heterocycles. The van der Waals surface area contributed by atoms with Crippen molar-refractivity contribution in [3.63, 3.8) is 0 Å². The molecular formula is C16H17FN2O2. The number of carbonyl (C=O) groups is 1. The first-order valence-electron chi connectivity index (χ1n) is 6.62. The first kappa shape index (κ1) is 15.1. The topological polar surface area (TPSA) is 51.2 Å². The van der Waals surface area contributed by atoms with Gasteiger partial charge in [0.25, 0.3) is 0 Å². The Morgan fingerprint density at radius 2 is 2.05 bits per heavy atom. The molecule has 1 N–H and O–H groups in total. The highest BCUT2D eigenvalue weighted by Crippen LogP contribution is 2.14. The maximum atomic E-state index is 13.8. The summed E-state index contributed by atoms with van der Waals surface area (Å²) in [4.78, 5) is 15.3. The first-order chi connectivity index (χ1) is 10.1. The van der Waals surface area contributed by atoms with Gasteiger partial charge in [0.1, 0.15) is 5.82 Å². The molecule has 1 aromatic carbocycles. The molecule has 0 spiro atoms. The second-order valence-corrected chi connectivity index (χ2v) is 4.69. The first-order valence-corrected chi connectivity index (χ1v) is 6.62. The molecule has 21 heavy (non-hydrogen) atoms. The Morgan fingerprint density at radius 1 is 1.33 bits per heavy atom. The average molecular weight is 288 g/mol. The number of hydrogen-bond acceptors (Lipinski definition) is 4. The molecule has 1 heterocycles. The second-order valence-electron chi connectivity index (χ2n) is 4.69. The Hall–Kier alpha value is -2.27. The Kier molecular flexibility index (Phi) is 5.00. The van der Waals surface area contributed by atoms with Crippen LogP contribution < -0.4 is 5.32 Å². The molecule has 4 nitrogen and oxygen atoms in total. The summed E-state index contributed by atoms with van der Waals surface area (Å²) in [5, 5.41) is 3.29. The summed E-state index contributed by atoms with van der Waals surface area (Å²) in [6.45, 7) is 2.52. The van der Waals surface area contributed by atoms with Crippen molar-refractivity contribution in [2.24, 2.45) is 0 Å². The summed E-state index contributed by atoms with van der Waals surface area (Å²) in [7, 11) is 1.23. The van der Waals surface area contributed by atoms with E-state index in [4.69, 9.17) is 0 Å². The Balaban J connectivity index is 2.01. The Bertz CT molecular complexity index is 617.